The second-order valence-corrected chi connectivity index (χ2v) is 2.19. The molecule has 1 unspecified atom stereocenters. The van der Waals surface area contributed by atoms with Gasteiger partial charge in [0.1, 0.15) is 0 Å². The molecule has 0 aromatic carbocycles. The summed E-state index contributed by atoms with van der Waals surface area (Å²) in [6.07, 6.45) is 0.414. The Kier molecular flexibility index (Phi) is 8.08. The van der Waals surface area contributed by atoms with Crippen molar-refractivity contribution in [1.82, 2.24) is 0 Å². The van der Waals surface area contributed by atoms with Crippen LogP contribution in [0.1, 0.15) is 27.2 Å². The first-order valence-electron chi connectivity index (χ1n) is 2.84. The molecule has 44 valence electrons. The van der Waals surface area contributed by atoms with Crippen LogP contribution in [0.3, 0.4) is 0 Å². The summed E-state index contributed by atoms with van der Waals surface area (Å²) in [4.78, 5) is 0. The Labute approximate surface area is 63.7 Å². The van der Waals surface area contributed by atoms with Gasteiger partial charge in [0.2, 0.25) is 0 Å². The Morgan fingerprint density at radius 1 is 1.38 bits per heavy atom. The minimum Gasteiger partial charge on any atom is -0.852 e. The predicted molar refractivity (Wildman–Crippen MR) is 28.9 cm³/mol. The molecule has 0 amide bonds. The van der Waals surface area contributed by atoms with E-state index in [2.05, 4.69) is 0 Å². The molecule has 0 aliphatic heterocycles. The van der Waals surface area contributed by atoms with Crippen LogP contribution in [0, 0.1) is 5.92 Å². The van der Waals surface area contributed by atoms with Gasteiger partial charge in [-0.3, -0.25) is 0 Å². The molecule has 0 aliphatic carbocycles. The third-order valence-electron chi connectivity index (χ3n) is 1.15. The molecule has 1 nitrogen and oxygen atoms in total. The molecule has 0 saturated heterocycles. The molecule has 0 bridgehead atoms. The minimum absolute atomic E-state index is 0. The van der Waals surface area contributed by atoms with Crippen LogP contribution in [0.2, 0.25) is 0 Å². The standard InChI is InChI=1S/C6H13O.Li/c1-4-6(7)5(2)3;/h5-6H,4H2,1-3H3;/q-1;+1. The average molecular weight is 108 g/mol. The fraction of sp³-hybridized carbons (Fsp3) is 1.00. The third kappa shape index (κ3) is 4.71. The zero-order valence-corrected chi connectivity index (χ0v) is 6.27. The maximum Gasteiger partial charge on any atom is 1.00 e. The first-order chi connectivity index (χ1) is 3.18. The van der Waals surface area contributed by atoms with Crippen LogP contribution in [0.4, 0.5) is 0 Å². The van der Waals surface area contributed by atoms with Gasteiger partial charge in [0.25, 0.3) is 0 Å². The number of hydrogen-bond donors (Lipinski definition) is 0. The Balaban J connectivity index is 0. The maximum absolute atomic E-state index is 10.6. The molecule has 0 aromatic heterocycles. The molecule has 0 aromatic rings. The molecule has 0 spiro atoms. The van der Waals surface area contributed by atoms with Crippen molar-refractivity contribution < 1.29 is 24.0 Å². The van der Waals surface area contributed by atoms with E-state index < -0.39 is 0 Å². The second kappa shape index (κ2) is 5.69. The molecule has 0 N–H and O–H groups in total. The second-order valence-electron chi connectivity index (χ2n) is 2.19. The largest absolute Gasteiger partial charge is 1.00 e. The van der Waals surface area contributed by atoms with E-state index in [-0.39, 0.29) is 25.0 Å². The molecular formula is C6H13LiO. The van der Waals surface area contributed by atoms with E-state index >= 15 is 0 Å². The fourth-order valence-electron chi connectivity index (χ4n) is 0.471. The quantitative estimate of drug-likeness (QED) is 0.368. The van der Waals surface area contributed by atoms with Gasteiger partial charge in [0.05, 0.1) is 0 Å². The molecule has 2 heteroatoms. The van der Waals surface area contributed by atoms with Gasteiger partial charge in [-0.25, -0.2) is 0 Å². The Morgan fingerprint density at radius 2 is 1.75 bits per heavy atom. The van der Waals surface area contributed by atoms with Crippen LogP contribution >= 0.6 is 0 Å². The first kappa shape index (κ1) is 11.4. The Morgan fingerprint density at radius 3 is 1.75 bits per heavy atom. The van der Waals surface area contributed by atoms with E-state index in [0.29, 0.717) is 5.92 Å². The molecule has 1 atom stereocenters. The summed E-state index contributed by atoms with van der Waals surface area (Å²) in [6, 6.07) is 0. The zero-order valence-electron chi connectivity index (χ0n) is 6.27. The van der Waals surface area contributed by atoms with Gasteiger partial charge in [-0.15, -0.1) is 6.10 Å². The van der Waals surface area contributed by atoms with Gasteiger partial charge in [-0.1, -0.05) is 33.1 Å². The van der Waals surface area contributed by atoms with Crippen molar-refractivity contribution >= 4 is 0 Å². The summed E-state index contributed by atoms with van der Waals surface area (Å²) in [5.41, 5.74) is 0. The molecule has 8 heavy (non-hydrogen) atoms. The molecule has 0 saturated carbocycles. The van der Waals surface area contributed by atoms with E-state index in [9.17, 15) is 5.11 Å². The molecule has 0 radical (unpaired) electrons. The van der Waals surface area contributed by atoms with E-state index in [1.54, 1.807) is 0 Å². The van der Waals surface area contributed by atoms with Crippen LogP contribution in [-0.4, -0.2) is 6.10 Å². The Hall–Kier alpha value is 0.557. The smallest absolute Gasteiger partial charge is 0.852 e. The average Bonchev–Trinajstić information content (AvgIpc) is 1.65. The molecular weight excluding hydrogens is 95.0 g/mol. The Bertz CT molecular complexity index is 45.8. The normalized spacial score (nSPS) is 13.1. The maximum atomic E-state index is 10.6. The van der Waals surface area contributed by atoms with E-state index in [1.165, 1.54) is 0 Å². The van der Waals surface area contributed by atoms with Crippen molar-refractivity contribution in [3.8, 4) is 0 Å². The van der Waals surface area contributed by atoms with E-state index in [0.717, 1.165) is 6.42 Å². The van der Waals surface area contributed by atoms with Crippen molar-refractivity contribution in [2.45, 2.75) is 33.3 Å². The van der Waals surface area contributed by atoms with Crippen LogP contribution in [-0.2, 0) is 0 Å². The van der Waals surface area contributed by atoms with Crippen molar-refractivity contribution in [2.75, 3.05) is 0 Å². The zero-order chi connectivity index (χ0) is 5.86. The van der Waals surface area contributed by atoms with Crippen molar-refractivity contribution in [2.24, 2.45) is 5.92 Å². The van der Waals surface area contributed by atoms with Gasteiger partial charge < -0.3 is 5.11 Å². The van der Waals surface area contributed by atoms with Crippen LogP contribution < -0.4 is 24.0 Å². The van der Waals surface area contributed by atoms with Crippen LogP contribution in [0.15, 0.2) is 0 Å². The number of rotatable bonds is 2. The van der Waals surface area contributed by atoms with Crippen molar-refractivity contribution in [3.05, 3.63) is 0 Å². The molecule has 0 aliphatic rings. The van der Waals surface area contributed by atoms with Gasteiger partial charge in [0, 0.05) is 0 Å². The third-order valence-corrected chi connectivity index (χ3v) is 1.15. The van der Waals surface area contributed by atoms with Crippen LogP contribution in [0.25, 0.3) is 0 Å². The van der Waals surface area contributed by atoms with Crippen LogP contribution in [0.5, 0.6) is 0 Å². The SMILES string of the molecule is CCC([O-])C(C)C.[Li+]. The van der Waals surface area contributed by atoms with Crippen molar-refractivity contribution in [3.63, 3.8) is 0 Å². The van der Waals surface area contributed by atoms with Gasteiger partial charge >= 0.3 is 18.9 Å². The summed E-state index contributed by atoms with van der Waals surface area (Å²) >= 11 is 0. The van der Waals surface area contributed by atoms with Gasteiger partial charge in [-0.05, 0) is 0 Å². The summed E-state index contributed by atoms with van der Waals surface area (Å²) in [5, 5.41) is 10.6. The molecule has 0 heterocycles. The van der Waals surface area contributed by atoms with E-state index in [4.69, 9.17) is 0 Å². The van der Waals surface area contributed by atoms with E-state index in [1.807, 2.05) is 20.8 Å². The fourth-order valence-corrected chi connectivity index (χ4v) is 0.471. The topological polar surface area (TPSA) is 23.1 Å². The molecule has 0 rings (SSSR count). The van der Waals surface area contributed by atoms with Gasteiger partial charge in [0.15, 0.2) is 0 Å². The summed E-state index contributed by atoms with van der Waals surface area (Å²) in [6.45, 7) is 5.85. The minimum atomic E-state index is -0.347. The first-order valence-corrected chi connectivity index (χ1v) is 2.84. The summed E-state index contributed by atoms with van der Waals surface area (Å²) < 4.78 is 0. The molecule has 0 fully saturated rings. The summed E-state index contributed by atoms with van der Waals surface area (Å²) in [5.74, 6) is 0.310. The summed E-state index contributed by atoms with van der Waals surface area (Å²) in [7, 11) is 0. The van der Waals surface area contributed by atoms with Gasteiger partial charge in [-0.2, -0.15) is 0 Å². The monoisotopic (exact) mass is 108 g/mol. The number of hydrogen-bond acceptors (Lipinski definition) is 1. The van der Waals surface area contributed by atoms with Crippen molar-refractivity contribution in [1.29, 1.82) is 0 Å². The predicted octanol–water partition coefficient (Wildman–Crippen LogP) is -2.21.